The highest BCUT2D eigenvalue weighted by atomic mass is 35.5. The molecule has 0 atom stereocenters. The van der Waals surface area contributed by atoms with E-state index in [0.717, 1.165) is 19.2 Å². The van der Waals surface area contributed by atoms with E-state index in [1.807, 2.05) is 0 Å². The first-order valence-electron chi connectivity index (χ1n) is 7.13. The lowest BCUT2D eigenvalue weighted by molar-refractivity contribution is -0.136. The minimum atomic E-state index is -4.73. The largest absolute Gasteiger partial charge is 0.464 e. The van der Waals surface area contributed by atoms with Gasteiger partial charge < -0.3 is 9.94 Å². The smallest absolute Gasteiger partial charge is 0.417 e. The molecule has 1 N–H and O–H groups in total. The lowest BCUT2D eigenvalue weighted by atomic mass is 9.99. The molecule has 0 aliphatic carbocycles. The van der Waals surface area contributed by atoms with Crippen LogP contribution in [0.5, 0.6) is 0 Å². The monoisotopic (exact) mass is 403 g/mol. The van der Waals surface area contributed by atoms with Gasteiger partial charge in [0.1, 0.15) is 0 Å². The SMILES string of the molecule is COC(=O)c1cc2c(C(F)(F)F)cc(-c3cc(Cl)ccc3Cl)cc2n1O. The fourth-order valence-corrected chi connectivity index (χ4v) is 3.05. The van der Waals surface area contributed by atoms with Crippen LogP contribution in [-0.4, -0.2) is 23.0 Å². The van der Waals surface area contributed by atoms with Crippen molar-refractivity contribution in [3.63, 3.8) is 0 Å². The highest BCUT2D eigenvalue weighted by Crippen LogP contribution is 2.41. The number of hydrogen-bond acceptors (Lipinski definition) is 3. The number of aromatic nitrogens is 1. The molecular weight excluding hydrogens is 394 g/mol. The van der Waals surface area contributed by atoms with Crippen molar-refractivity contribution in [1.29, 1.82) is 0 Å². The zero-order valence-corrected chi connectivity index (χ0v) is 14.6. The summed E-state index contributed by atoms with van der Waals surface area (Å²) in [6, 6.07) is 7.47. The number of alkyl halides is 3. The Morgan fingerprint density at radius 1 is 1.15 bits per heavy atom. The Bertz CT molecular complexity index is 1030. The van der Waals surface area contributed by atoms with Crippen molar-refractivity contribution in [1.82, 2.24) is 4.73 Å². The molecule has 0 aliphatic heterocycles. The van der Waals surface area contributed by atoms with Gasteiger partial charge >= 0.3 is 12.1 Å². The van der Waals surface area contributed by atoms with Crippen LogP contribution in [0.25, 0.3) is 22.0 Å². The molecule has 26 heavy (non-hydrogen) atoms. The van der Waals surface area contributed by atoms with Gasteiger partial charge in [-0.3, -0.25) is 0 Å². The highest BCUT2D eigenvalue weighted by molar-refractivity contribution is 6.35. The number of methoxy groups -OCH3 is 1. The van der Waals surface area contributed by atoms with Crippen molar-refractivity contribution in [2.75, 3.05) is 7.11 Å². The summed E-state index contributed by atoms with van der Waals surface area (Å²) in [5, 5.41) is 10.3. The Labute approximate surface area is 155 Å². The van der Waals surface area contributed by atoms with Crippen LogP contribution in [0.3, 0.4) is 0 Å². The molecule has 0 saturated heterocycles. The van der Waals surface area contributed by atoms with Crippen molar-refractivity contribution in [2.24, 2.45) is 0 Å². The van der Waals surface area contributed by atoms with Gasteiger partial charge in [-0.2, -0.15) is 17.9 Å². The van der Waals surface area contributed by atoms with E-state index in [4.69, 9.17) is 23.2 Å². The second-order valence-corrected chi connectivity index (χ2v) is 6.26. The average molecular weight is 404 g/mol. The zero-order chi connectivity index (χ0) is 19.2. The predicted octanol–water partition coefficient (Wildman–Crippen LogP) is 5.66. The lowest BCUT2D eigenvalue weighted by Gasteiger charge is -2.12. The number of hydrogen-bond donors (Lipinski definition) is 1. The van der Waals surface area contributed by atoms with E-state index >= 15 is 0 Å². The van der Waals surface area contributed by atoms with Gasteiger partial charge in [0.25, 0.3) is 0 Å². The van der Waals surface area contributed by atoms with Crippen LogP contribution in [0.1, 0.15) is 16.1 Å². The lowest BCUT2D eigenvalue weighted by Crippen LogP contribution is -2.08. The average Bonchev–Trinajstić information content (AvgIpc) is 2.91. The molecule has 0 bridgehead atoms. The van der Waals surface area contributed by atoms with E-state index in [-0.39, 0.29) is 32.1 Å². The normalized spacial score (nSPS) is 11.8. The van der Waals surface area contributed by atoms with Gasteiger partial charge in [0.05, 0.1) is 18.2 Å². The Morgan fingerprint density at radius 2 is 1.85 bits per heavy atom. The van der Waals surface area contributed by atoms with Gasteiger partial charge in [-0.1, -0.05) is 23.2 Å². The van der Waals surface area contributed by atoms with Crippen molar-refractivity contribution in [2.45, 2.75) is 6.18 Å². The van der Waals surface area contributed by atoms with Crippen molar-refractivity contribution >= 4 is 40.1 Å². The Morgan fingerprint density at radius 3 is 2.46 bits per heavy atom. The number of fused-ring (bicyclic) bond motifs is 1. The Hall–Kier alpha value is -2.38. The molecule has 0 unspecified atom stereocenters. The number of nitrogens with zero attached hydrogens (tertiary/aromatic N) is 1. The molecule has 0 aliphatic rings. The van der Waals surface area contributed by atoms with E-state index in [2.05, 4.69) is 4.74 Å². The third kappa shape index (κ3) is 3.08. The maximum atomic E-state index is 13.6. The molecule has 0 fully saturated rings. The molecular formula is C17H10Cl2F3NO3. The molecule has 2 aromatic carbocycles. The minimum Gasteiger partial charge on any atom is -0.464 e. The summed E-state index contributed by atoms with van der Waals surface area (Å²) in [5.41, 5.74) is -1.33. The fourth-order valence-electron chi connectivity index (χ4n) is 2.65. The number of esters is 1. The summed E-state index contributed by atoms with van der Waals surface area (Å²) in [7, 11) is 1.06. The van der Waals surface area contributed by atoms with E-state index < -0.39 is 23.4 Å². The van der Waals surface area contributed by atoms with E-state index in [1.165, 1.54) is 24.3 Å². The summed E-state index contributed by atoms with van der Waals surface area (Å²) in [4.78, 5) is 11.7. The quantitative estimate of drug-likeness (QED) is 0.443. The summed E-state index contributed by atoms with van der Waals surface area (Å²) >= 11 is 12.0. The number of halogens is 5. The Kier molecular flexibility index (Phi) is 4.54. The molecule has 0 spiro atoms. The van der Waals surface area contributed by atoms with Crippen molar-refractivity contribution in [3.8, 4) is 11.1 Å². The van der Waals surface area contributed by atoms with Gasteiger partial charge in [0.2, 0.25) is 0 Å². The fraction of sp³-hybridized carbons (Fsp3) is 0.118. The first-order chi connectivity index (χ1) is 12.1. The standard InChI is InChI=1S/C17H10Cl2F3NO3/c1-26-16(24)15-7-11-12(17(20,21)22)4-8(5-14(11)23(15)25)10-6-9(18)2-3-13(10)19/h2-7,25H,1H3. The second kappa shape index (κ2) is 6.41. The van der Waals surface area contributed by atoms with Crippen LogP contribution in [0.15, 0.2) is 36.4 Å². The minimum absolute atomic E-state index is 0.0853. The third-order valence-corrected chi connectivity index (χ3v) is 4.40. The summed E-state index contributed by atoms with van der Waals surface area (Å²) < 4.78 is 45.5. The third-order valence-electron chi connectivity index (χ3n) is 3.83. The van der Waals surface area contributed by atoms with Gasteiger partial charge in [-0.25, -0.2) is 4.79 Å². The molecule has 9 heteroatoms. The second-order valence-electron chi connectivity index (χ2n) is 5.41. The number of carbonyl (C=O) groups excluding carboxylic acids is 1. The molecule has 3 aromatic rings. The van der Waals surface area contributed by atoms with E-state index in [1.54, 1.807) is 0 Å². The molecule has 1 aromatic heterocycles. The van der Waals surface area contributed by atoms with Gasteiger partial charge in [0.15, 0.2) is 5.69 Å². The molecule has 0 saturated carbocycles. The van der Waals surface area contributed by atoms with Gasteiger partial charge in [0, 0.05) is 21.0 Å². The summed E-state index contributed by atoms with van der Waals surface area (Å²) in [6.07, 6.45) is -4.73. The molecule has 136 valence electrons. The van der Waals surface area contributed by atoms with Crippen LogP contribution < -0.4 is 0 Å². The Balaban J connectivity index is 2.38. The molecule has 1 heterocycles. The first-order valence-corrected chi connectivity index (χ1v) is 7.88. The number of ether oxygens (including phenoxy) is 1. The van der Waals surface area contributed by atoms with Crippen molar-refractivity contribution < 1.29 is 27.9 Å². The molecule has 3 rings (SSSR count). The van der Waals surface area contributed by atoms with Crippen LogP contribution >= 0.6 is 23.2 Å². The van der Waals surface area contributed by atoms with Crippen LogP contribution in [0.2, 0.25) is 10.0 Å². The summed E-state index contributed by atoms with van der Waals surface area (Å²) in [6.45, 7) is 0. The molecule has 0 radical (unpaired) electrons. The van der Waals surface area contributed by atoms with Gasteiger partial charge in [-0.05, 0) is 42.0 Å². The van der Waals surface area contributed by atoms with Crippen LogP contribution in [-0.2, 0) is 10.9 Å². The number of carbonyl (C=O) groups is 1. The molecule has 0 amide bonds. The zero-order valence-electron chi connectivity index (χ0n) is 13.1. The van der Waals surface area contributed by atoms with Crippen molar-refractivity contribution in [3.05, 3.63) is 57.7 Å². The number of benzene rings is 2. The number of rotatable bonds is 2. The predicted molar refractivity (Wildman–Crippen MR) is 90.9 cm³/mol. The van der Waals surface area contributed by atoms with Crippen LogP contribution in [0, 0.1) is 0 Å². The van der Waals surface area contributed by atoms with E-state index in [9.17, 15) is 23.2 Å². The topological polar surface area (TPSA) is 51.5 Å². The first kappa shape index (κ1) is 18.4. The highest BCUT2D eigenvalue weighted by Gasteiger charge is 2.35. The van der Waals surface area contributed by atoms with E-state index in [0.29, 0.717) is 4.73 Å². The maximum Gasteiger partial charge on any atom is 0.417 e. The molecule has 4 nitrogen and oxygen atoms in total. The maximum absolute atomic E-state index is 13.6. The van der Waals surface area contributed by atoms with Gasteiger partial charge in [-0.15, -0.1) is 0 Å². The van der Waals surface area contributed by atoms with Crippen LogP contribution in [0.4, 0.5) is 13.2 Å². The summed E-state index contributed by atoms with van der Waals surface area (Å²) in [5.74, 6) is -0.973.